The number of nitrogens with zero attached hydrogens (tertiary/aromatic N) is 1. The number of likely N-dealkylation sites (tertiary alicyclic amines) is 1. The highest BCUT2D eigenvalue weighted by molar-refractivity contribution is 9.10. The Morgan fingerprint density at radius 3 is 2.68 bits per heavy atom. The van der Waals surface area contributed by atoms with Gasteiger partial charge in [-0.05, 0) is 50.4 Å². The van der Waals surface area contributed by atoms with Crippen molar-refractivity contribution in [2.75, 3.05) is 13.1 Å². The zero-order valence-corrected chi connectivity index (χ0v) is 13.6. The molecule has 1 aliphatic rings. The van der Waals surface area contributed by atoms with Gasteiger partial charge in [0.15, 0.2) is 0 Å². The normalized spacial score (nSPS) is 24.6. The second-order valence-electron chi connectivity index (χ2n) is 5.62. The van der Waals surface area contributed by atoms with Crippen molar-refractivity contribution in [2.24, 2.45) is 0 Å². The van der Waals surface area contributed by atoms with Crippen LogP contribution in [0.4, 0.5) is 0 Å². The smallest absolute Gasteiger partial charge is 0.0236 e. The largest absolute Gasteiger partial charge is 0.314 e. The third-order valence-electron chi connectivity index (χ3n) is 4.00. The lowest BCUT2D eigenvalue weighted by Crippen LogP contribution is -2.47. The van der Waals surface area contributed by atoms with Gasteiger partial charge in [0.2, 0.25) is 0 Å². The SMILES string of the molecule is CCCNC1CCN(Cc2ccc(Br)cc2)C(C)C1. The van der Waals surface area contributed by atoms with Crippen LogP contribution in [-0.4, -0.2) is 30.1 Å². The number of piperidine rings is 1. The molecule has 1 saturated heterocycles. The Hall–Kier alpha value is -0.380. The van der Waals surface area contributed by atoms with Gasteiger partial charge in [-0.25, -0.2) is 0 Å². The Bertz CT molecular complexity index is 377. The number of hydrogen-bond donors (Lipinski definition) is 1. The van der Waals surface area contributed by atoms with Gasteiger partial charge in [-0.3, -0.25) is 4.90 Å². The molecule has 1 N–H and O–H groups in total. The minimum absolute atomic E-state index is 0.673. The minimum atomic E-state index is 0.673. The lowest BCUT2D eigenvalue weighted by molar-refractivity contribution is 0.129. The molecule has 1 aromatic carbocycles. The molecule has 0 bridgehead atoms. The fourth-order valence-corrected chi connectivity index (χ4v) is 3.08. The van der Waals surface area contributed by atoms with E-state index in [9.17, 15) is 0 Å². The van der Waals surface area contributed by atoms with Crippen LogP contribution in [0.3, 0.4) is 0 Å². The first-order chi connectivity index (χ1) is 9.19. The molecule has 19 heavy (non-hydrogen) atoms. The van der Waals surface area contributed by atoms with Gasteiger partial charge in [0.05, 0.1) is 0 Å². The predicted molar refractivity (Wildman–Crippen MR) is 85.3 cm³/mol. The molecule has 1 heterocycles. The molecule has 106 valence electrons. The first-order valence-electron chi connectivity index (χ1n) is 7.41. The van der Waals surface area contributed by atoms with Gasteiger partial charge in [-0.1, -0.05) is 35.0 Å². The van der Waals surface area contributed by atoms with Gasteiger partial charge >= 0.3 is 0 Å². The molecular weight excluding hydrogens is 300 g/mol. The Kier molecular flexibility index (Phi) is 5.86. The quantitative estimate of drug-likeness (QED) is 0.886. The van der Waals surface area contributed by atoms with Crippen molar-refractivity contribution in [3.8, 4) is 0 Å². The summed E-state index contributed by atoms with van der Waals surface area (Å²) in [6.07, 6.45) is 3.78. The van der Waals surface area contributed by atoms with E-state index in [1.54, 1.807) is 0 Å². The Morgan fingerprint density at radius 1 is 1.32 bits per heavy atom. The van der Waals surface area contributed by atoms with Crippen molar-refractivity contribution in [1.29, 1.82) is 0 Å². The highest BCUT2D eigenvalue weighted by Crippen LogP contribution is 2.20. The fraction of sp³-hybridized carbons (Fsp3) is 0.625. The van der Waals surface area contributed by atoms with Crippen molar-refractivity contribution in [1.82, 2.24) is 10.2 Å². The topological polar surface area (TPSA) is 15.3 Å². The van der Waals surface area contributed by atoms with E-state index in [0.717, 1.165) is 23.6 Å². The van der Waals surface area contributed by atoms with Gasteiger partial charge in [0.25, 0.3) is 0 Å². The fourth-order valence-electron chi connectivity index (χ4n) is 2.81. The summed E-state index contributed by atoms with van der Waals surface area (Å²) in [7, 11) is 0. The van der Waals surface area contributed by atoms with E-state index in [1.807, 2.05) is 0 Å². The highest BCUT2D eigenvalue weighted by atomic mass is 79.9. The van der Waals surface area contributed by atoms with Crippen molar-refractivity contribution in [2.45, 2.75) is 51.7 Å². The van der Waals surface area contributed by atoms with Crippen LogP contribution in [0.1, 0.15) is 38.7 Å². The Balaban J connectivity index is 1.84. The van der Waals surface area contributed by atoms with Gasteiger partial charge in [0, 0.05) is 29.6 Å². The summed E-state index contributed by atoms with van der Waals surface area (Å²) in [6.45, 7) is 8.04. The molecule has 2 nitrogen and oxygen atoms in total. The van der Waals surface area contributed by atoms with Crippen LogP contribution < -0.4 is 5.32 Å². The monoisotopic (exact) mass is 324 g/mol. The van der Waals surface area contributed by atoms with Crippen molar-refractivity contribution in [3.63, 3.8) is 0 Å². The third kappa shape index (κ3) is 4.59. The number of halogens is 1. The van der Waals surface area contributed by atoms with E-state index in [4.69, 9.17) is 0 Å². The summed E-state index contributed by atoms with van der Waals surface area (Å²) in [5.74, 6) is 0. The molecule has 0 saturated carbocycles. The average molecular weight is 325 g/mol. The van der Waals surface area contributed by atoms with Crippen LogP contribution in [0.15, 0.2) is 28.7 Å². The lowest BCUT2D eigenvalue weighted by atomic mass is 9.97. The molecule has 2 atom stereocenters. The van der Waals surface area contributed by atoms with Crippen molar-refractivity contribution < 1.29 is 0 Å². The summed E-state index contributed by atoms with van der Waals surface area (Å²) in [6, 6.07) is 10.1. The van der Waals surface area contributed by atoms with Crippen molar-refractivity contribution in [3.05, 3.63) is 34.3 Å². The predicted octanol–water partition coefficient (Wildman–Crippen LogP) is 3.80. The van der Waals surface area contributed by atoms with E-state index < -0.39 is 0 Å². The van der Waals surface area contributed by atoms with E-state index >= 15 is 0 Å². The maximum absolute atomic E-state index is 3.66. The van der Waals surface area contributed by atoms with E-state index in [1.165, 1.54) is 31.4 Å². The van der Waals surface area contributed by atoms with Gasteiger partial charge in [0.1, 0.15) is 0 Å². The Labute approximate surface area is 125 Å². The summed E-state index contributed by atoms with van der Waals surface area (Å²) < 4.78 is 1.16. The van der Waals surface area contributed by atoms with E-state index in [0.29, 0.717) is 6.04 Å². The second kappa shape index (κ2) is 7.41. The number of hydrogen-bond acceptors (Lipinski definition) is 2. The van der Waals surface area contributed by atoms with Crippen LogP contribution in [0.5, 0.6) is 0 Å². The number of rotatable bonds is 5. The van der Waals surface area contributed by atoms with E-state index in [-0.39, 0.29) is 0 Å². The van der Waals surface area contributed by atoms with Gasteiger partial charge < -0.3 is 5.32 Å². The van der Waals surface area contributed by atoms with Crippen LogP contribution in [0, 0.1) is 0 Å². The molecule has 0 amide bonds. The first-order valence-corrected chi connectivity index (χ1v) is 8.20. The standard InChI is InChI=1S/C16H25BrN2/c1-3-9-18-16-8-10-19(13(2)11-16)12-14-4-6-15(17)7-5-14/h4-7,13,16,18H,3,8-12H2,1-2H3. The summed E-state index contributed by atoms with van der Waals surface area (Å²) in [5.41, 5.74) is 1.41. The third-order valence-corrected chi connectivity index (χ3v) is 4.52. The highest BCUT2D eigenvalue weighted by Gasteiger charge is 2.24. The molecule has 1 fully saturated rings. The average Bonchev–Trinajstić information content (AvgIpc) is 2.41. The molecule has 2 rings (SSSR count). The lowest BCUT2D eigenvalue weighted by Gasteiger charge is -2.38. The molecule has 1 aromatic rings. The molecule has 0 spiro atoms. The zero-order valence-electron chi connectivity index (χ0n) is 12.0. The second-order valence-corrected chi connectivity index (χ2v) is 6.54. The van der Waals surface area contributed by atoms with Gasteiger partial charge in [-0.15, -0.1) is 0 Å². The van der Waals surface area contributed by atoms with Gasteiger partial charge in [-0.2, -0.15) is 0 Å². The van der Waals surface area contributed by atoms with Crippen LogP contribution in [0.2, 0.25) is 0 Å². The van der Waals surface area contributed by atoms with Crippen LogP contribution in [0.25, 0.3) is 0 Å². The molecule has 3 heteroatoms. The molecular formula is C16H25BrN2. The molecule has 0 radical (unpaired) electrons. The summed E-state index contributed by atoms with van der Waals surface area (Å²) >= 11 is 3.49. The first kappa shape index (κ1) is 15.0. The van der Waals surface area contributed by atoms with E-state index in [2.05, 4.69) is 64.3 Å². The maximum atomic E-state index is 3.66. The molecule has 0 aliphatic carbocycles. The summed E-state index contributed by atoms with van der Waals surface area (Å²) in [4.78, 5) is 2.60. The molecule has 0 aromatic heterocycles. The van der Waals surface area contributed by atoms with Crippen LogP contribution in [-0.2, 0) is 6.54 Å². The zero-order chi connectivity index (χ0) is 13.7. The summed E-state index contributed by atoms with van der Waals surface area (Å²) in [5, 5.41) is 3.66. The number of nitrogens with one attached hydrogen (secondary N) is 1. The van der Waals surface area contributed by atoms with Crippen LogP contribution >= 0.6 is 15.9 Å². The molecule has 2 unspecified atom stereocenters. The Morgan fingerprint density at radius 2 is 2.05 bits per heavy atom. The maximum Gasteiger partial charge on any atom is 0.0236 e. The van der Waals surface area contributed by atoms with Crippen molar-refractivity contribution >= 4 is 15.9 Å². The minimum Gasteiger partial charge on any atom is -0.314 e. The molecule has 1 aliphatic heterocycles. The number of benzene rings is 1.